The molecule has 0 saturated heterocycles. The van der Waals surface area contributed by atoms with E-state index in [4.69, 9.17) is 0 Å². The van der Waals surface area contributed by atoms with Crippen LogP contribution in [0.15, 0.2) is 30.3 Å². The molecule has 3 heteroatoms. The molecule has 0 heterocycles. The van der Waals surface area contributed by atoms with E-state index < -0.39 is 5.60 Å². The molecule has 86 valence electrons. The molecule has 0 aromatic heterocycles. The van der Waals surface area contributed by atoms with Gasteiger partial charge in [0.05, 0.1) is 21.1 Å². The van der Waals surface area contributed by atoms with E-state index in [2.05, 4.69) is 21.1 Å². The first kappa shape index (κ1) is 14.1. The third-order valence-electron chi connectivity index (χ3n) is 2.18. The second-order valence-electron chi connectivity index (χ2n) is 5.09. The summed E-state index contributed by atoms with van der Waals surface area (Å²) in [7, 11) is 6.24. The smallest absolute Gasteiger partial charge is 0.135 e. The normalized spacial score (nSPS) is 15.3. The molecular weight excluding hydrogens is 190 g/mol. The highest BCUT2D eigenvalue weighted by Crippen LogP contribution is 2.22. The number of nitrogens with zero attached hydrogens (tertiary/aromatic N) is 1. The minimum atomic E-state index is -0.750. The van der Waals surface area contributed by atoms with Gasteiger partial charge in [-0.1, -0.05) is 30.3 Å². The van der Waals surface area contributed by atoms with Crippen molar-refractivity contribution in [1.29, 1.82) is 0 Å². The van der Waals surface area contributed by atoms with Crippen LogP contribution in [0.2, 0.25) is 0 Å². The van der Waals surface area contributed by atoms with E-state index >= 15 is 0 Å². The Bertz CT molecular complexity index is 288. The highest BCUT2D eigenvalue weighted by atomic mass is 16.3. The summed E-state index contributed by atoms with van der Waals surface area (Å²) in [5.41, 5.74) is 0.229. The summed E-state index contributed by atoms with van der Waals surface area (Å²) in [5, 5.41) is 10.3. The second-order valence-corrected chi connectivity index (χ2v) is 5.09. The number of likely N-dealkylation sites (N-methyl/N-ethyl adjacent to an activating group) is 1. The molecule has 0 saturated carbocycles. The summed E-state index contributed by atoms with van der Waals surface area (Å²) in [5.74, 6) is 0. The molecule has 0 aliphatic heterocycles. The van der Waals surface area contributed by atoms with Crippen molar-refractivity contribution >= 4 is 0 Å². The predicted octanol–water partition coefficient (Wildman–Crippen LogP) is 1.42. The summed E-state index contributed by atoms with van der Waals surface area (Å²) >= 11 is 0. The Kier molecular flexibility index (Phi) is 4.46. The van der Waals surface area contributed by atoms with Gasteiger partial charge in [-0.25, -0.2) is 0 Å². The lowest BCUT2D eigenvalue weighted by atomic mass is 9.95. The molecule has 1 rings (SSSR count). The van der Waals surface area contributed by atoms with E-state index in [0.29, 0.717) is 6.54 Å². The van der Waals surface area contributed by atoms with Crippen LogP contribution in [0.3, 0.4) is 0 Å². The highest BCUT2D eigenvalue weighted by Gasteiger charge is 2.29. The Morgan fingerprint density at radius 1 is 1.13 bits per heavy atom. The molecule has 15 heavy (non-hydrogen) atoms. The molecule has 0 radical (unpaired) electrons. The van der Waals surface area contributed by atoms with E-state index in [-0.39, 0.29) is 5.48 Å². The Labute approximate surface area is 91.9 Å². The SMILES string of the molecule is CC(O)(C[N+](C)(C)C)c1ccccc1.[OH-]. The summed E-state index contributed by atoms with van der Waals surface area (Å²) in [6.45, 7) is 2.57. The molecule has 1 aromatic rings. The molecular formula is C12H21NO2. The Hall–Kier alpha value is -0.900. The summed E-state index contributed by atoms with van der Waals surface area (Å²) < 4.78 is 0.752. The molecule has 1 aromatic carbocycles. The van der Waals surface area contributed by atoms with Gasteiger partial charge in [0.25, 0.3) is 0 Å². The number of quaternary nitrogens is 1. The van der Waals surface area contributed by atoms with Gasteiger partial charge in [0.2, 0.25) is 0 Å². The molecule has 3 nitrogen and oxygen atoms in total. The lowest BCUT2D eigenvalue weighted by Gasteiger charge is -2.33. The third kappa shape index (κ3) is 4.42. The Morgan fingerprint density at radius 2 is 1.60 bits per heavy atom. The van der Waals surface area contributed by atoms with Crippen molar-refractivity contribution in [3.8, 4) is 0 Å². The van der Waals surface area contributed by atoms with Gasteiger partial charge in [0, 0.05) is 0 Å². The summed E-state index contributed by atoms with van der Waals surface area (Å²) in [4.78, 5) is 0. The molecule has 1 atom stereocenters. The van der Waals surface area contributed by atoms with E-state index in [0.717, 1.165) is 10.0 Å². The number of benzene rings is 1. The van der Waals surface area contributed by atoms with Crippen LogP contribution >= 0.6 is 0 Å². The van der Waals surface area contributed by atoms with Crippen LogP contribution in [-0.4, -0.2) is 42.8 Å². The third-order valence-corrected chi connectivity index (χ3v) is 2.18. The van der Waals surface area contributed by atoms with Gasteiger partial charge in [-0.2, -0.15) is 0 Å². The second kappa shape index (κ2) is 4.75. The van der Waals surface area contributed by atoms with Crippen LogP contribution < -0.4 is 0 Å². The minimum absolute atomic E-state index is 0. The van der Waals surface area contributed by atoms with Gasteiger partial charge in [0.15, 0.2) is 0 Å². The van der Waals surface area contributed by atoms with E-state index in [1.807, 2.05) is 37.3 Å². The molecule has 0 aliphatic rings. The van der Waals surface area contributed by atoms with Crippen molar-refractivity contribution in [1.82, 2.24) is 0 Å². The van der Waals surface area contributed by atoms with Gasteiger partial charge < -0.3 is 15.1 Å². The van der Waals surface area contributed by atoms with Crippen molar-refractivity contribution in [2.24, 2.45) is 0 Å². The quantitative estimate of drug-likeness (QED) is 0.769. The molecule has 0 bridgehead atoms. The van der Waals surface area contributed by atoms with Crippen molar-refractivity contribution in [3.05, 3.63) is 35.9 Å². The minimum Gasteiger partial charge on any atom is -0.870 e. The lowest BCUT2D eigenvalue weighted by Crippen LogP contribution is -2.46. The molecule has 0 fully saturated rings. The standard InChI is InChI=1S/C12H20NO.H2O/c1-12(14,10-13(2,3)4)11-8-6-5-7-9-11;/h5-9,14H,10H2,1-4H3;1H2/q+1;/p-1. The van der Waals surface area contributed by atoms with E-state index in [1.54, 1.807) is 0 Å². The van der Waals surface area contributed by atoms with E-state index in [9.17, 15) is 5.11 Å². The number of aliphatic hydroxyl groups is 1. The molecule has 0 amide bonds. The largest absolute Gasteiger partial charge is 0.870 e. The van der Waals surface area contributed by atoms with Gasteiger partial charge in [0.1, 0.15) is 12.1 Å². The van der Waals surface area contributed by atoms with E-state index in [1.165, 1.54) is 0 Å². The monoisotopic (exact) mass is 211 g/mol. The lowest BCUT2D eigenvalue weighted by molar-refractivity contribution is -0.877. The predicted molar refractivity (Wildman–Crippen MR) is 60.8 cm³/mol. The van der Waals surface area contributed by atoms with Crippen LogP contribution in [0.25, 0.3) is 0 Å². The number of hydrogen-bond donors (Lipinski definition) is 1. The van der Waals surface area contributed by atoms with Gasteiger partial charge in [-0.15, -0.1) is 0 Å². The summed E-state index contributed by atoms with van der Waals surface area (Å²) in [6.07, 6.45) is 0. The molecule has 0 aliphatic carbocycles. The maximum Gasteiger partial charge on any atom is 0.135 e. The first-order valence-electron chi connectivity index (χ1n) is 4.90. The zero-order valence-corrected chi connectivity index (χ0v) is 9.94. The maximum atomic E-state index is 10.3. The highest BCUT2D eigenvalue weighted by molar-refractivity contribution is 5.21. The van der Waals surface area contributed by atoms with Crippen molar-refractivity contribution in [2.45, 2.75) is 12.5 Å². The fourth-order valence-electron chi connectivity index (χ4n) is 1.81. The van der Waals surface area contributed by atoms with Gasteiger partial charge in [-0.3, -0.25) is 0 Å². The maximum absolute atomic E-state index is 10.3. The molecule has 1 unspecified atom stereocenters. The Morgan fingerprint density at radius 3 is 2.00 bits per heavy atom. The van der Waals surface area contributed by atoms with Crippen molar-refractivity contribution in [3.63, 3.8) is 0 Å². The molecule has 2 N–H and O–H groups in total. The Balaban J connectivity index is 0.00000196. The van der Waals surface area contributed by atoms with Crippen molar-refractivity contribution in [2.75, 3.05) is 27.7 Å². The molecule has 0 spiro atoms. The number of hydrogen-bond acceptors (Lipinski definition) is 2. The van der Waals surface area contributed by atoms with Crippen LogP contribution in [0.1, 0.15) is 12.5 Å². The van der Waals surface area contributed by atoms with Crippen LogP contribution in [0.5, 0.6) is 0 Å². The van der Waals surface area contributed by atoms with Gasteiger partial charge >= 0.3 is 0 Å². The summed E-state index contributed by atoms with van der Waals surface area (Å²) in [6, 6.07) is 9.82. The first-order chi connectivity index (χ1) is 6.31. The fourth-order valence-corrected chi connectivity index (χ4v) is 1.81. The average molecular weight is 211 g/mol. The zero-order valence-electron chi connectivity index (χ0n) is 9.94. The van der Waals surface area contributed by atoms with Crippen LogP contribution in [-0.2, 0) is 5.60 Å². The average Bonchev–Trinajstić information content (AvgIpc) is 2.01. The van der Waals surface area contributed by atoms with Crippen molar-refractivity contribution < 1.29 is 15.1 Å². The van der Waals surface area contributed by atoms with Crippen LogP contribution in [0.4, 0.5) is 0 Å². The topological polar surface area (TPSA) is 50.2 Å². The number of rotatable bonds is 3. The zero-order chi connectivity index (χ0) is 10.8. The fraction of sp³-hybridized carbons (Fsp3) is 0.500. The first-order valence-corrected chi connectivity index (χ1v) is 4.90. The van der Waals surface area contributed by atoms with Crippen LogP contribution in [0, 0.1) is 0 Å². The van der Waals surface area contributed by atoms with Gasteiger partial charge in [-0.05, 0) is 12.5 Å².